The van der Waals surface area contributed by atoms with Crippen molar-refractivity contribution in [2.75, 3.05) is 25.1 Å². The summed E-state index contributed by atoms with van der Waals surface area (Å²) in [5, 5.41) is 5.67. The Hall–Kier alpha value is -1.60. The molecule has 116 valence electrons. The third-order valence-electron chi connectivity index (χ3n) is 3.11. The first-order valence-corrected chi connectivity index (χ1v) is 6.70. The van der Waals surface area contributed by atoms with Crippen molar-refractivity contribution < 1.29 is 22.7 Å². The number of anilines is 1. The molecule has 1 aromatic rings. The number of halogens is 3. The molecule has 1 unspecified atom stereocenters. The van der Waals surface area contributed by atoms with Crippen LogP contribution in [0.4, 0.5) is 18.9 Å². The molecular weight excluding hydrogens is 285 g/mol. The first-order valence-electron chi connectivity index (χ1n) is 6.70. The number of alkyl halides is 3. The molecule has 1 amide bonds. The van der Waals surface area contributed by atoms with Crippen LogP contribution in [0.1, 0.15) is 12.0 Å². The van der Waals surface area contributed by atoms with Gasteiger partial charge in [-0.25, -0.2) is 0 Å². The van der Waals surface area contributed by atoms with Crippen molar-refractivity contribution in [1.29, 1.82) is 0 Å². The second kappa shape index (κ2) is 6.91. The maximum Gasteiger partial charge on any atom is 0.393 e. The maximum absolute atomic E-state index is 12.5. The second-order valence-electron chi connectivity index (χ2n) is 4.93. The van der Waals surface area contributed by atoms with Crippen LogP contribution >= 0.6 is 0 Å². The van der Waals surface area contributed by atoms with Gasteiger partial charge in [0.1, 0.15) is 0 Å². The van der Waals surface area contributed by atoms with Crippen molar-refractivity contribution >= 4 is 11.6 Å². The predicted molar refractivity (Wildman–Crippen MR) is 72.1 cm³/mol. The van der Waals surface area contributed by atoms with Crippen LogP contribution in [-0.4, -0.2) is 37.9 Å². The average molecular weight is 302 g/mol. The molecule has 0 spiro atoms. The van der Waals surface area contributed by atoms with Crippen LogP contribution in [0.5, 0.6) is 0 Å². The van der Waals surface area contributed by atoms with Gasteiger partial charge in [0.2, 0.25) is 5.91 Å². The minimum absolute atomic E-state index is 0.0613. The van der Waals surface area contributed by atoms with E-state index >= 15 is 0 Å². The zero-order valence-corrected chi connectivity index (χ0v) is 11.4. The topological polar surface area (TPSA) is 50.4 Å². The molecule has 4 nitrogen and oxygen atoms in total. The zero-order chi connectivity index (χ0) is 15.3. The van der Waals surface area contributed by atoms with E-state index < -0.39 is 12.6 Å². The molecule has 1 atom stereocenters. The Morgan fingerprint density at radius 1 is 1.38 bits per heavy atom. The number of hydrogen-bond donors (Lipinski definition) is 2. The number of nitrogens with one attached hydrogen (secondary N) is 2. The summed E-state index contributed by atoms with van der Waals surface area (Å²) in [6.45, 7) is 1.70. The lowest BCUT2D eigenvalue weighted by Gasteiger charge is -2.23. The number of amides is 1. The number of carbonyl (C=O) groups excluding carboxylic acids is 1. The van der Waals surface area contributed by atoms with E-state index in [-0.39, 0.29) is 29.6 Å². The fourth-order valence-corrected chi connectivity index (χ4v) is 2.19. The van der Waals surface area contributed by atoms with Crippen molar-refractivity contribution in [2.45, 2.75) is 25.1 Å². The molecule has 1 heterocycles. The quantitative estimate of drug-likeness (QED) is 0.895. The number of benzene rings is 1. The third-order valence-corrected chi connectivity index (χ3v) is 3.11. The smallest absolute Gasteiger partial charge is 0.378 e. The van der Waals surface area contributed by atoms with Crippen LogP contribution < -0.4 is 10.6 Å². The highest BCUT2D eigenvalue weighted by atomic mass is 19.4. The van der Waals surface area contributed by atoms with Gasteiger partial charge >= 0.3 is 6.18 Å². The van der Waals surface area contributed by atoms with E-state index in [9.17, 15) is 18.0 Å². The van der Waals surface area contributed by atoms with Gasteiger partial charge in [-0.2, -0.15) is 13.2 Å². The normalized spacial score (nSPS) is 19.3. The van der Waals surface area contributed by atoms with Crippen molar-refractivity contribution in [3.8, 4) is 0 Å². The van der Waals surface area contributed by atoms with E-state index in [1.807, 2.05) is 0 Å². The van der Waals surface area contributed by atoms with E-state index in [0.717, 1.165) is 0 Å². The highest BCUT2D eigenvalue weighted by Crippen LogP contribution is 2.26. The molecule has 0 radical (unpaired) electrons. The van der Waals surface area contributed by atoms with Gasteiger partial charge in [-0.3, -0.25) is 4.79 Å². The van der Waals surface area contributed by atoms with E-state index in [0.29, 0.717) is 19.8 Å². The highest BCUT2D eigenvalue weighted by molar-refractivity contribution is 5.91. The largest absolute Gasteiger partial charge is 0.393 e. The zero-order valence-electron chi connectivity index (χ0n) is 11.4. The van der Waals surface area contributed by atoms with Crippen LogP contribution in [-0.2, 0) is 16.0 Å². The number of hydrogen-bond acceptors (Lipinski definition) is 3. The molecule has 0 aliphatic carbocycles. The molecule has 1 aromatic carbocycles. The SMILES string of the molecule is O=C(CC1COCCN1)Nc1ccccc1CC(F)(F)F. The van der Waals surface area contributed by atoms with Crippen LogP contribution in [0.2, 0.25) is 0 Å². The Kier molecular flexibility index (Phi) is 5.19. The summed E-state index contributed by atoms with van der Waals surface area (Å²) in [6, 6.07) is 5.85. The summed E-state index contributed by atoms with van der Waals surface area (Å²) >= 11 is 0. The number of para-hydroxylation sites is 1. The van der Waals surface area contributed by atoms with Gasteiger partial charge in [-0.1, -0.05) is 18.2 Å². The monoisotopic (exact) mass is 302 g/mol. The predicted octanol–water partition coefficient (Wildman–Crippen LogP) is 2.11. The van der Waals surface area contributed by atoms with Gasteiger partial charge in [0.25, 0.3) is 0 Å². The molecule has 1 saturated heterocycles. The molecule has 2 rings (SSSR count). The van der Waals surface area contributed by atoms with Crippen molar-refractivity contribution in [3.63, 3.8) is 0 Å². The number of carbonyl (C=O) groups is 1. The molecule has 1 aliphatic heterocycles. The van der Waals surface area contributed by atoms with Gasteiger partial charge in [0, 0.05) is 24.7 Å². The summed E-state index contributed by atoms with van der Waals surface area (Å²) in [6.07, 6.45) is -5.20. The lowest BCUT2D eigenvalue weighted by molar-refractivity contribution is -0.127. The summed E-state index contributed by atoms with van der Waals surface area (Å²) in [5.74, 6) is -0.326. The van der Waals surface area contributed by atoms with Gasteiger partial charge < -0.3 is 15.4 Å². The summed E-state index contributed by atoms with van der Waals surface area (Å²) < 4.78 is 42.7. The summed E-state index contributed by atoms with van der Waals surface area (Å²) in [5.41, 5.74) is 0.266. The van der Waals surface area contributed by atoms with Crippen molar-refractivity contribution in [2.24, 2.45) is 0 Å². The molecular formula is C14H17F3N2O2. The second-order valence-corrected chi connectivity index (χ2v) is 4.93. The van der Waals surface area contributed by atoms with Gasteiger partial charge in [-0.05, 0) is 11.6 Å². The first kappa shape index (κ1) is 15.8. The van der Waals surface area contributed by atoms with Crippen LogP contribution in [0.15, 0.2) is 24.3 Å². The van der Waals surface area contributed by atoms with Crippen molar-refractivity contribution in [3.05, 3.63) is 29.8 Å². The summed E-state index contributed by atoms with van der Waals surface area (Å²) in [4.78, 5) is 11.9. The highest BCUT2D eigenvalue weighted by Gasteiger charge is 2.29. The van der Waals surface area contributed by atoms with E-state index in [2.05, 4.69) is 10.6 Å². The number of ether oxygens (including phenoxy) is 1. The Labute approximate surface area is 120 Å². The molecule has 0 aromatic heterocycles. The van der Waals surface area contributed by atoms with Crippen LogP contribution in [0, 0.1) is 0 Å². The van der Waals surface area contributed by atoms with Crippen LogP contribution in [0.3, 0.4) is 0 Å². The Bertz CT molecular complexity index is 485. The minimum Gasteiger partial charge on any atom is -0.378 e. The van der Waals surface area contributed by atoms with Gasteiger partial charge in [0.05, 0.1) is 19.6 Å². The number of morpholine rings is 1. The molecule has 2 N–H and O–H groups in total. The van der Waals surface area contributed by atoms with Gasteiger partial charge in [0.15, 0.2) is 0 Å². The Morgan fingerprint density at radius 3 is 2.81 bits per heavy atom. The molecule has 1 aliphatic rings. The Morgan fingerprint density at radius 2 is 2.14 bits per heavy atom. The lowest BCUT2D eigenvalue weighted by atomic mass is 10.1. The van der Waals surface area contributed by atoms with Crippen molar-refractivity contribution in [1.82, 2.24) is 5.32 Å². The van der Waals surface area contributed by atoms with Gasteiger partial charge in [-0.15, -0.1) is 0 Å². The molecule has 0 bridgehead atoms. The van der Waals surface area contributed by atoms with E-state index in [1.54, 1.807) is 6.07 Å². The first-order chi connectivity index (χ1) is 9.94. The summed E-state index contributed by atoms with van der Waals surface area (Å²) in [7, 11) is 0. The van der Waals surface area contributed by atoms with E-state index in [4.69, 9.17) is 4.74 Å². The fraction of sp³-hybridized carbons (Fsp3) is 0.500. The lowest BCUT2D eigenvalue weighted by Crippen LogP contribution is -2.43. The minimum atomic E-state index is -4.31. The fourth-order valence-electron chi connectivity index (χ4n) is 2.19. The average Bonchev–Trinajstić information content (AvgIpc) is 2.40. The van der Waals surface area contributed by atoms with Crippen LogP contribution in [0.25, 0.3) is 0 Å². The molecule has 0 saturated carbocycles. The molecule has 7 heteroatoms. The third kappa shape index (κ3) is 5.35. The maximum atomic E-state index is 12.5. The standard InChI is InChI=1S/C14H17F3N2O2/c15-14(16,17)8-10-3-1-2-4-12(10)19-13(20)7-11-9-21-6-5-18-11/h1-4,11,18H,5-9H2,(H,19,20). The number of rotatable bonds is 4. The van der Waals surface area contributed by atoms with E-state index in [1.165, 1.54) is 18.2 Å². The Balaban J connectivity index is 1.96. The molecule has 21 heavy (non-hydrogen) atoms. The molecule has 1 fully saturated rings.